The maximum Gasteiger partial charge on any atom is 0.478 e. The van der Waals surface area contributed by atoms with E-state index in [1.807, 2.05) is 0 Å². The van der Waals surface area contributed by atoms with Crippen molar-refractivity contribution in [1.29, 1.82) is 0 Å². The molecule has 0 saturated carbocycles. The summed E-state index contributed by atoms with van der Waals surface area (Å²) in [6, 6.07) is 0. The topological polar surface area (TPSA) is 342 Å². The van der Waals surface area contributed by atoms with Gasteiger partial charge in [0.15, 0.2) is 0 Å². The molecule has 0 aromatic carbocycles. The molecule has 26 heteroatoms. The molecule has 0 unspecified atom stereocenters. The third-order valence-electron chi connectivity index (χ3n) is 6.61. The fraction of sp³-hybridized carbons (Fsp3) is 1.00. The van der Waals surface area contributed by atoms with Gasteiger partial charge in [-0.1, -0.05) is 83.1 Å². The molecule has 0 rings (SSSR count). The van der Waals surface area contributed by atoms with Gasteiger partial charge in [-0.05, 0) is 78.5 Å². The highest BCUT2D eigenvalue weighted by molar-refractivity contribution is 7.60. The van der Waals surface area contributed by atoms with Gasteiger partial charge in [-0.2, -0.15) is 8.62 Å². The second kappa shape index (κ2) is 42.8. The molecule has 0 aromatic rings. The summed E-state index contributed by atoms with van der Waals surface area (Å²) >= 11 is 0. The molecule has 0 saturated heterocycles. The molecule has 0 aliphatic rings. The highest BCUT2D eigenvalue weighted by atomic mass is 31.3. The average molecular weight is 883 g/mol. The normalized spacial score (nSPS) is 12.6. The molecule has 0 spiro atoms. The zero-order valence-corrected chi connectivity index (χ0v) is 38.0. The molecule has 0 heterocycles. The highest BCUT2D eigenvalue weighted by Gasteiger charge is 2.28. The molecule has 338 valence electrons. The zero-order chi connectivity index (χ0) is 44.8. The Morgan fingerprint density at radius 2 is 0.463 bits per heavy atom. The minimum atomic E-state index is -5.05. The molecule has 22 nitrogen and oxygen atoms in total. The van der Waals surface area contributed by atoms with Crippen LogP contribution < -0.4 is 0 Å². The van der Waals surface area contributed by atoms with Crippen molar-refractivity contribution in [2.75, 3.05) is 91.8 Å². The Hall–Kier alpha value is 0.200. The molecule has 0 aliphatic heterocycles. The van der Waals surface area contributed by atoms with E-state index in [9.17, 15) is 18.3 Å². The molecule has 0 fully saturated rings. The summed E-state index contributed by atoms with van der Waals surface area (Å²) in [6.07, 6.45) is -2.44. The molecule has 0 amide bonds. The predicted octanol–water partition coefficient (Wildman–Crippen LogP) is 1.46. The van der Waals surface area contributed by atoms with Gasteiger partial charge in [-0.25, -0.2) is 18.3 Å². The molecule has 54 heavy (non-hydrogen) atoms. The summed E-state index contributed by atoms with van der Waals surface area (Å²) in [7, 11) is -20.2. The number of nitrogens with zero attached hydrogens (tertiary/aromatic N) is 4. The Kier molecular flexibility index (Phi) is 54.6. The SMILES string of the molecule is CCN(CC)CC.CCN(CC)CC.CCN(CC)CC.CCN(CC)CC.O=P(O)(O)OP(=O)(O)O.O=P(O)(O)OP(=O)(O)O.OC[C@@H](O)[C@@H](O)CO. The van der Waals surface area contributed by atoms with Gasteiger partial charge in [0.05, 0.1) is 13.2 Å². The Balaban J connectivity index is -0.0000000957. The number of hydrogen-bond donors (Lipinski definition) is 12. The van der Waals surface area contributed by atoms with E-state index in [1.54, 1.807) is 0 Å². The van der Waals surface area contributed by atoms with Crippen LogP contribution in [-0.2, 0) is 26.9 Å². The fourth-order valence-electron chi connectivity index (χ4n) is 3.20. The third-order valence-corrected chi connectivity index (χ3v) is 10.0. The minimum absolute atomic E-state index is 0.526. The maximum absolute atomic E-state index is 9.63. The number of rotatable bonds is 19. The summed E-state index contributed by atoms with van der Waals surface area (Å²) in [4.78, 5) is 71.5. The number of aliphatic hydroxyl groups is 4. The number of aliphatic hydroxyl groups excluding tert-OH is 4. The molecule has 2 atom stereocenters. The van der Waals surface area contributed by atoms with Gasteiger partial charge in [0, 0.05) is 0 Å². The van der Waals surface area contributed by atoms with Gasteiger partial charge in [0.25, 0.3) is 0 Å². The lowest BCUT2D eigenvalue weighted by molar-refractivity contribution is -0.0388. The predicted molar refractivity (Wildman–Crippen MR) is 210 cm³/mol. The van der Waals surface area contributed by atoms with Gasteiger partial charge >= 0.3 is 31.3 Å². The van der Waals surface area contributed by atoms with Crippen molar-refractivity contribution in [2.45, 2.75) is 95.3 Å². The molecule has 0 bridgehead atoms. The Labute approximate surface area is 324 Å². The van der Waals surface area contributed by atoms with E-state index in [2.05, 4.69) is 111 Å². The van der Waals surface area contributed by atoms with Crippen LogP contribution >= 0.6 is 31.3 Å². The molecule has 12 N–H and O–H groups in total. The van der Waals surface area contributed by atoms with E-state index in [-0.39, 0.29) is 0 Å². The van der Waals surface area contributed by atoms with Crippen molar-refractivity contribution >= 4 is 31.3 Å². The van der Waals surface area contributed by atoms with Crippen molar-refractivity contribution in [3.63, 3.8) is 0 Å². The minimum Gasteiger partial charge on any atom is -0.394 e. The first-order chi connectivity index (χ1) is 24.5. The Morgan fingerprint density at radius 1 is 0.352 bits per heavy atom. The van der Waals surface area contributed by atoms with Crippen molar-refractivity contribution < 1.29 is 86.5 Å². The summed E-state index contributed by atoms with van der Waals surface area (Å²) in [6.45, 7) is 39.4. The van der Waals surface area contributed by atoms with Gasteiger partial charge in [-0.15, -0.1) is 0 Å². The van der Waals surface area contributed by atoms with E-state index in [0.717, 1.165) is 0 Å². The lowest BCUT2D eigenvalue weighted by Crippen LogP contribution is -2.31. The van der Waals surface area contributed by atoms with Gasteiger partial charge in [-0.3, -0.25) is 0 Å². The first-order valence-electron chi connectivity index (χ1n) is 17.6. The molecular weight excluding hydrogens is 804 g/mol. The quantitative estimate of drug-likeness (QED) is 0.0817. The van der Waals surface area contributed by atoms with Crippen molar-refractivity contribution in [3.8, 4) is 0 Å². The molecule has 0 radical (unpaired) electrons. The van der Waals surface area contributed by atoms with Crippen molar-refractivity contribution in [2.24, 2.45) is 0 Å². The van der Waals surface area contributed by atoms with Crippen LogP contribution in [0.3, 0.4) is 0 Å². The van der Waals surface area contributed by atoms with Gasteiger partial charge in [0.2, 0.25) is 0 Å². The van der Waals surface area contributed by atoms with Crippen LogP contribution in [0.2, 0.25) is 0 Å². The smallest absolute Gasteiger partial charge is 0.394 e. The molecule has 0 aliphatic carbocycles. The van der Waals surface area contributed by atoms with Gasteiger partial charge in [0.1, 0.15) is 12.2 Å². The van der Waals surface area contributed by atoms with Crippen LogP contribution in [-0.4, -0.2) is 183 Å². The fourth-order valence-corrected chi connectivity index (χ4v) is 5.42. The van der Waals surface area contributed by atoms with Crippen molar-refractivity contribution in [3.05, 3.63) is 0 Å². The van der Waals surface area contributed by atoms with Crippen LogP contribution in [0, 0.1) is 0 Å². The number of phosphoric acid groups is 4. The molecule has 0 aromatic heterocycles. The standard InChI is InChI=1S/4C6H15N.C4H10O4.2H4O7P2/c4*1-4-7(5-2)6-3;5-1-3(7)4(8)2-6;2*1-8(2,3)7-9(4,5)6/h4*4-6H2,1-3H3;3-8H,1-2H2;2*(H2,1,2,3)(H2,4,5,6)/t;;;;3-,4+;;. The van der Waals surface area contributed by atoms with Crippen LogP contribution in [0.5, 0.6) is 0 Å². The van der Waals surface area contributed by atoms with Crippen molar-refractivity contribution in [1.82, 2.24) is 19.6 Å². The first kappa shape index (κ1) is 68.9. The highest BCUT2D eigenvalue weighted by Crippen LogP contribution is 2.54. The van der Waals surface area contributed by atoms with Gasteiger partial charge < -0.3 is 79.2 Å². The van der Waals surface area contributed by atoms with E-state index >= 15 is 0 Å². The average Bonchev–Trinajstić information content (AvgIpc) is 3.05. The lowest BCUT2D eigenvalue weighted by atomic mass is 10.2. The second-order valence-corrected chi connectivity index (χ2v) is 15.3. The van der Waals surface area contributed by atoms with Crippen LogP contribution in [0.4, 0.5) is 0 Å². The Bertz CT molecular complexity index is 780. The summed E-state index contributed by atoms with van der Waals surface area (Å²) in [5, 5.41) is 33.2. The molecular formula is C28H78N4O18P4. The van der Waals surface area contributed by atoms with E-state index < -0.39 is 56.7 Å². The summed E-state index contributed by atoms with van der Waals surface area (Å²) in [5.74, 6) is 0. The summed E-state index contributed by atoms with van der Waals surface area (Å²) < 4.78 is 44.4. The zero-order valence-electron chi connectivity index (χ0n) is 34.4. The lowest BCUT2D eigenvalue weighted by Gasteiger charge is -2.13. The van der Waals surface area contributed by atoms with Crippen LogP contribution in [0.15, 0.2) is 0 Å². The Morgan fingerprint density at radius 3 is 0.481 bits per heavy atom. The number of hydrogen-bond acceptors (Lipinski definition) is 14. The maximum atomic E-state index is 9.63. The second-order valence-electron chi connectivity index (χ2n) is 10.1. The first-order valence-corrected chi connectivity index (χ1v) is 23.8. The monoisotopic (exact) mass is 882 g/mol. The van der Waals surface area contributed by atoms with Crippen LogP contribution in [0.25, 0.3) is 0 Å². The van der Waals surface area contributed by atoms with Crippen LogP contribution in [0.1, 0.15) is 83.1 Å². The van der Waals surface area contributed by atoms with E-state index in [4.69, 9.17) is 59.6 Å². The van der Waals surface area contributed by atoms with E-state index in [0.29, 0.717) is 0 Å². The van der Waals surface area contributed by atoms with E-state index in [1.165, 1.54) is 78.5 Å². The third kappa shape index (κ3) is 70.0. The summed E-state index contributed by atoms with van der Waals surface area (Å²) in [5.41, 5.74) is 0. The largest absolute Gasteiger partial charge is 0.478 e.